The van der Waals surface area contributed by atoms with Gasteiger partial charge in [-0.05, 0) is 67.6 Å². The quantitative estimate of drug-likeness (QED) is 0.341. The van der Waals surface area contributed by atoms with Gasteiger partial charge < -0.3 is 4.90 Å². The van der Waals surface area contributed by atoms with E-state index in [0.29, 0.717) is 29.8 Å². The van der Waals surface area contributed by atoms with E-state index in [4.69, 9.17) is 23.2 Å². The van der Waals surface area contributed by atoms with Crippen LogP contribution in [0.3, 0.4) is 0 Å². The number of hydrogen-bond acceptors (Lipinski definition) is 3. The molecule has 9 heteroatoms. The summed E-state index contributed by atoms with van der Waals surface area (Å²) in [7, 11) is -3.47. The fourth-order valence-electron chi connectivity index (χ4n) is 5.11. The fourth-order valence-corrected chi connectivity index (χ4v) is 6.11. The number of carbonyl (C=O) groups is 1. The molecule has 4 unspecified atom stereocenters. The van der Waals surface area contributed by atoms with Crippen molar-refractivity contribution in [3.05, 3.63) is 82.1 Å². The number of allylic oxidation sites excluding steroid dienone is 1. The van der Waals surface area contributed by atoms with E-state index < -0.39 is 33.3 Å². The van der Waals surface area contributed by atoms with Crippen LogP contribution in [-0.4, -0.2) is 37.6 Å². The monoisotopic (exact) mass is 554 g/mol. The van der Waals surface area contributed by atoms with Crippen LogP contribution in [0.15, 0.2) is 55.1 Å². The van der Waals surface area contributed by atoms with Gasteiger partial charge in [0.2, 0.25) is 15.9 Å². The molecule has 1 fully saturated rings. The van der Waals surface area contributed by atoms with Crippen LogP contribution < -0.4 is 4.72 Å². The molecule has 0 radical (unpaired) electrons. The summed E-state index contributed by atoms with van der Waals surface area (Å²) < 4.78 is 41.7. The molecule has 0 saturated carbocycles. The number of nitrogens with zero attached hydrogens (tertiary/aromatic N) is 1. The lowest BCUT2D eigenvalue weighted by Gasteiger charge is -2.52. The van der Waals surface area contributed by atoms with Gasteiger partial charge in [-0.25, -0.2) is 17.5 Å². The first-order valence-corrected chi connectivity index (χ1v) is 14.5. The smallest absolute Gasteiger partial charge is 0.229 e. The molecule has 2 aromatic rings. The highest BCUT2D eigenvalue weighted by molar-refractivity contribution is 7.89. The minimum atomic E-state index is -3.47. The minimum absolute atomic E-state index is 0.0589. The Balaban J connectivity index is 2.22. The summed E-state index contributed by atoms with van der Waals surface area (Å²) in [4.78, 5) is 16.0. The number of amides is 1. The topological polar surface area (TPSA) is 66.5 Å². The van der Waals surface area contributed by atoms with Crippen molar-refractivity contribution in [3.63, 3.8) is 0 Å². The number of benzene rings is 2. The van der Waals surface area contributed by atoms with E-state index in [2.05, 4.69) is 11.3 Å². The van der Waals surface area contributed by atoms with Crippen molar-refractivity contribution in [2.45, 2.75) is 58.0 Å². The van der Waals surface area contributed by atoms with Crippen LogP contribution in [0.1, 0.15) is 63.1 Å². The summed E-state index contributed by atoms with van der Waals surface area (Å²) in [6, 6.07) is 10.8. The summed E-state index contributed by atoms with van der Waals surface area (Å²) in [6.45, 7) is 9.31. The number of hydrogen-bond donors (Lipinski definition) is 1. The van der Waals surface area contributed by atoms with Crippen LogP contribution in [-0.2, 0) is 14.8 Å². The van der Waals surface area contributed by atoms with E-state index >= 15 is 0 Å². The molecule has 1 N–H and O–H groups in total. The van der Waals surface area contributed by atoms with Gasteiger partial charge in [0.15, 0.2) is 0 Å². The van der Waals surface area contributed by atoms with E-state index in [-0.39, 0.29) is 29.1 Å². The zero-order valence-electron chi connectivity index (χ0n) is 20.8. The second-order valence-corrected chi connectivity index (χ2v) is 12.6. The second-order valence-electron chi connectivity index (χ2n) is 9.59. The number of nitrogens with one attached hydrogen (secondary N) is 1. The van der Waals surface area contributed by atoms with Crippen molar-refractivity contribution in [1.82, 2.24) is 9.62 Å². The Hall–Kier alpha value is -1.93. The molecular formula is C27H33Cl2FN2O3S. The summed E-state index contributed by atoms with van der Waals surface area (Å²) in [5.41, 5.74) is 0.692. The molecule has 2 aromatic carbocycles. The third kappa shape index (κ3) is 6.31. The highest BCUT2D eigenvalue weighted by Gasteiger charge is 2.51. The maximum absolute atomic E-state index is 14.5. The molecule has 1 saturated heterocycles. The number of sulfonamides is 1. The number of halogens is 3. The zero-order chi connectivity index (χ0) is 26.7. The zero-order valence-corrected chi connectivity index (χ0v) is 23.1. The SMILES string of the molecule is C=CCC1(C)CC(c2cc(F)cc(Cl)c2)C(c2ccc(Cl)cc2)N(C(CC)CNS(=O)(=O)CC)C1=O. The van der Waals surface area contributed by atoms with Crippen LogP contribution in [0, 0.1) is 11.2 Å². The molecule has 1 aliphatic rings. The van der Waals surface area contributed by atoms with E-state index in [0.717, 1.165) is 5.56 Å². The third-order valence-electron chi connectivity index (χ3n) is 7.01. The molecule has 3 rings (SSSR count). The Morgan fingerprint density at radius 3 is 2.39 bits per heavy atom. The summed E-state index contributed by atoms with van der Waals surface area (Å²) in [6.07, 6.45) is 3.10. The van der Waals surface area contributed by atoms with Gasteiger partial charge in [-0.3, -0.25) is 4.79 Å². The fraction of sp³-hybridized carbons (Fsp3) is 0.444. The number of rotatable bonds is 10. The van der Waals surface area contributed by atoms with Crippen molar-refractivity contribution < 1.29 is 17.6 Å². The summed E-state index contributed by atoms with van der Waals surface area (Å²) in [5.74, 6) is -0.914. The van der Waals surface area contributed by atoms with Gasteiger partial charge in [0.05, 0.1) is 17.2 Å². The van der Waals surface area contributed by atoms with Gasteiger partial charge in [-0.2, -0.15) is 0 Å². The molecule has 36 heavy (non-hydrogen) atoms. The highest BCUT2D eigenvalue weighted by atomic mass is 35.5. The molecular weight excluding hydrogens is 522 g/mol. The Kier molecular flexibility index (Phi) is 9.25. The van der Waals surface area contributed by atoms with Crippen molar-refractivity contribution in [1.29, 1.82) is 0 Å². The van der Waals surface area contributed by atoms with Gasteiger partial charge in [-0.1, -0.05) is 55.3 Å². The van der Waals surface area contributed by atoms with Crippen LogP contribution in [0.5, 0.6) is 0 Å². The van der Waals surface area contributed by atoms with Crippen LogP contribution in [0.4, 0.5) is 4.39 Å². The molecule has 196 valence electrons. The first-order valence-electron chi connectivity index (χ1n) is 12.1. The average molecular weight is 556 g/mol. The van der Waals surface area contributed by atoms with Crippen LogP contribution in [0.2, 0.25) is 10.0 Å². The lowest BCUT2D eigenvalue weighted by molar-refractivity contribution is -0.154. The Morgan fingerprint density at radius 2 is 1.83 bits per heavy atom. The Labute approximate surface area is 223 Å². The standard InChI is InChI=1S/C27H33Cl2FN2O3S/c1-5-12-27(4)16-24(19-13-21(29)15-22(30)14-19)25(18-8-10-20(28)11-9-18)32(26(27)33)23(6-2)17-31-36(34,35)7-3/h5,8-11,13-15,23-25,31H,1,6-7,12,16-17H2,2-4H3. The van der Waals surface area contributed by atoms with Gasteiger partial charge >= 0.3 is 0 Å². The predicted octanol–water partition coefficient (Wildman–Crippen LogP) is 6.49. The van der Waals surface area contributed by atoms with Crippen LogP contribution in [0.25, 0.3) is 0 Å². The van der Waals surface area contributed by atoms with E-state index in [1.165, 1.54) is 12.1 Å². The largest absolute Gasteiger partial charge is 0.330 e. The number of piperidine rings is 1. The normalized spacial score (nSPS) is 23.5. The number of carbonyl (C=O) groups excluding carboxylic acids is 1. The highest BCUT2D eigenvalue weighted by Crippen LogP contribution is 2.52. The van der Waals surface area contributed by atoms with Crippen molar-refractivity contribution in [2.24, 2.45) is 5.41 Å². The lowest BCUT2D eigenvalue weighted by Crippen LogP contribution is -2.57. The van der Waals surface area contributed by atoms with Crippen molar-refractivity contribution in [2.75, 3.05) is 12.3 Å². The molecule has 4 atom stereocenters. The van der Waals surface area contributed by atoms with Crippen molar-refractivity contribution >= 4 is 39.1 Å². The average Bonchev–Trinajstić information content (AvgIpc) is 2.82. The summed E-state index contributed by atoms with van der Waals surface area (Å²) in [5, 5.41) is 0.827. The molecule has 0 aliphatic carbocycles. The van der Waals surface area contributed by atoms with Gasteiger partial charge in [0.1, 0.15) is 5.82 Å². The Bertz CT molecular complexity index is 1190. The van der Waals surface area contributed by atoms with E-state index in [1.54, 1.807) is 36.1 Å². The maximum Gasteiger partial charge on any atom is 0.229 e. The molecule has 0 bridgehead atoms. The van der Waals surface area contributed by atoms with Crippen molar-refractivity contribution in [3.8, 4) is 0 Å². The molecule has 0 spiro atoms. The molecule has 1 aliphatic heterocycles. The van der Waals surface area contributed by atoms with Gasteiger partial charge in [0, 0.05) is 28.5 Å². The molecule has 5 nitrogen and oxygen atoms in total. The molecule has 1 heterocycles. The van der Waals surface area contributed by atoms with E-state index in [9.17, 15) is 17.6 Å². The maximum atomic E-state index is 14.5. The van der Waals surface area contributed by atoms with E-state index in [1.807, 2.05) is 26.0 Å². The van der Waals surface area contributed by atoms with Crippen LogP contribution >= 0.6 is 23.2 Å². The molecule has 0 aromatic heterocycles. The molecule has 1 amide bonds. The number of likely N-dealkylation sites (tertiary alicyclic amines) is 1. The van der Waals surface area contributed by atoms with Gasteiger partial charge in [-0.15, -0.1) is 6.58 Å². The Morgan fingerprint density at radius 1 is 1.17 bits per heavy atom. The van der Waals surface area contributed by atoms with Gasteiger partial charge in [0.25, 0.3) is 0 Å². The first-order chi connectivity index (χ1) is 16.9. The summed E-state index contributed by atoms with van der Waals surface area (Å²) >= 11 is 12.4. The lowest BCUT2D eigenvalue weighted by atomic mass is 9.67. The first kappa shape index (κ1) is 28.6. The predicted molar refractivity (Wildman–Crippen MR) is 144 cm³/mol. The third-order valence-corrected chi connectivity index (χ3v) is 8.84. The second kappa shape index (κ2) is 11.6. The minimum Gasteiger partial charge on any atom is -0.330 e.